The van der Waals surface area contributed by atoms with E-state index >= 15 is 0 Å². The summed E-state index contributed by atoms with van der Waals surface area (Å²) in [7, 11) is 0. The second-order valence-corrected chi connectivity index (χ2v) is 13.1. The molecule has 2 aromatic heterocycles. The minimum atomic E-state index is 0.661. The van der Waals surface area contributed by atoms with Crippen LogP contribution >= 0.6 is 11.3 Å². The van der Waals surface area contributed by atoms with E-state index in [1.807, 2.05) is 0 Å². The normalized spacial score (nSPS) is 11.8. The van der Waals surface area contributed by atoms with Crippen LogP contribution in [0.1, 0.15) is 0 Å². The molecular formula is C43H25N3S. The van der Waals surface area contributed by atoms with Crippen molar-refractivity contribution in [3.8, 4) is 34.2 Å². The lowest BCUT2D eigenvalue weighted by molar-refractivity contribution is 1.08. The molecule has 10 rings (SSSR count). The number of aromatic nitrogens is 3. The first-order valence-electron chi connectivity index (χ1n) is 15.8. The molecule has 4 heteroatoms. The Hall–Kier alpha value is -5.97. The molecule has 0 saturated heterocycles. The summed E-state index contributed by atoms with van der Waals surface area (Å²) in [4.78, 5) is 15.5. The molecule has 0 spiro atoms. The Morgan fingerprint density at radius 1 is 0.340 bits per heavy atom. The fourth-order valence-electron chi connectivity index (χ4n) is 7.00. The molecule has 0 bridgehead atoms. The van der Waals surface area contributed by atoms with Crippen molar-refractivity contribution in [1.82, 2.24) is 15.0 Å². The molecule has 3 nitrogen and oxygen atoms in total. The van der Waals surface area contributed by atoms with Crippen LogP contribution in [-0.4, -0.2) is 15.0 Å². The number of benzene rings is 8. The largest absolute Gasteiger partial charge is 0.208 e. The van der Waals surface area contributed by atoms with E-state index in [1.54, 1.807) is 11.3 Å². The van der Waals surface area contributed by atoms with E-state index in [1.165, 1.54) is 57.9 Å². The first-order chi connectivity index (χ1) is 23.3. The van der Waals surface area contributed by atoms with Crippen molar-refractivity contribution in [2.75, 3.05) is 0 Å². The first-order valence-corrected chi connectivity index (χ1v) is 16.6. The van der Waals surface area contributed by atoms with Crippen molar-refractivity contribution >= 4 is 74.6 Å². The summed E-state index contributed by atoms with van der Waals surface area (Å²) in [6, 6.07) is 54.0. The van der Waals surface area contributed by atoms with Crippen molar-refractivity contribution in [3.05, 3.63) is 152 Å². The topological polar surface area (TPSA) is 38.7 Å². The van der Waals surface area contributed by atoms with Gasteiger partial charge < -0.3 is 0 Å². The summed E-state index contributed by atoms with van der Waals surface area (Å²) in [5, 5.41) is 12.1. The Kier molecular flexibility index (Phi) is 5.74. The summed E-state index contributed by atoms with van der Waals surface area (Å²) in [5.41, 5.74) is 2.95. The van der Waals surface area contributed by atoms with Crippen LogP contribution in [0.15, 0.2) is 152 Å². The van der Waals surface area contributed by atoms with Gasteiger partial charge in [-0.25, -0.2) is 15.0 Å². The van der Waals surface area contributed by atoms with Gasteiger partial charge in [-0.1, -0.05) is 127 Å². The van der Waals surface area contributed by atoms with Crippen LogP contribution < -0.4 is 0 Å². The molecule has 47 heavy (non-hydrogen) atoms. The second kappa shape index (κ2) is 10.3. The fourth-order valence-corrected chi connectivity index (χ4v) is 8.13. The molecule has 0 aliphatic carbocycles. The molecule has 8 aromatic carbocycles. The summed E-state index contributed by atoms with van der Waals surface area (Å²) in [6.07, 6.45) is 0. The standard InChI is InChI=1S/C43H25N3S/c1-2-10-29-24-30(18-16-26(29)8-1)41-44-42(46-43(45-41)36-13-7-15-39-40(36)35-12-5-6-14-38(35)47-39)31-19-17-28-21-22-33-32-11-4-3-9-27(32)20-23-34(33)37(28)25-31/h1-25H. The first kappa shape index (κ1) is 26.3. The Labute approximate surface area is 274 Å². The molecule has 0 amide bonds. The molecule has 0 aliphatic heterocycles. The summed E-state index contributed by atoms with van der Waals surface area (Å²) < 4.78 is 2.48. The van der Waals surface area contributed by atoms with Crippen LogP contribution in [-0.2, 0) is 0 Å². The van der Waals surface area contributed by atoms with E-state index in [0.717, 1.165) is 22.1 Å². The van der Waals surface area contributed by atoms with Gasteiger partial charge in [0.2, 0.25) is 0 Å². The summed E-state index contributed by atoms with van der Waals surface area (Å²) in [5.74, 6) is 2.00. The average Bonchev–Trinajstić information content (AvgIpc) is 3.53. The molecule has 0 radical (unpaired) electrons. The SMILES string of the molecule is c1ccc2cc(-c3nc(-c4ccc5ccc6c7ccccc7ccc6c5c4)nc(-c4cccc5sc6ccccc6c45)n3)ccc2c1. The van der Waals surface area contributed by atoms with Crippen molar-refractivity contribution in [2.24, 2.45) is 0 Å². The van der Waals surface area contributed by atoms with Crippen LogP contribution in [0.25, 0.3) is 97.4 Å². The van der Waals surface area contributed by atoms with Gasteiger partial charge in [0.25, 0.3) is 0 Å². The highest BCUT2D eigenvalue weighted by Crippen LogP contribution is 2.40. The highest BCUT2D eigenvalue weighted by molar-refractivity contribution is 7.25. The van der Waals surface area contributed by atoms with Crippen molar-refractivity contribution in [3.63, 3.8) is 0 Å². The lowest BCUT2D eigenvalue weighted by atomic mass is 9.96. The number of nitrogens with zero attached hydrogens (tertiary/aromatic N) is 3. The molecular weight excluding hydrogens is 591 g/mol. The van der Waals surface area contributed by atoms with Crippen molar-refractivity contribution in [1.29, 1.82) is 0 Å². The molecule has 0 unspecified atom stereocenters. The summed E-state index contributed by atoms with van der Waals surface area (Å²) >= 11 is 1.81. The predicted molar refractivity (Wildman–Crippen MR) is 199 cm³/mol. The van der Waals surface area contributed by atoms with Gasteiger partial charge in [-0.3, -0.25) is 0 Å². The second-order valence-electron chi connectivity index (χ2n) is 12.0. The number of thiophene rings is 1. The molecule has 0 atom stereocenters. The summed E-state index contributed by atoms with van der Waals surface area (Å²) in [6.45, 7) is 0. The van der Waals surface area contributed by atoms with Crippen LogP contribution in [0.4, 0.5) is 0 Å². The quantitative estimate of drug-likeness (QED) is 0.186. The molecule has 2 heterocycles. The van der Waals surface area contributed by atoms with Gasteiger partial charge in [0.1, 0.15) is 0 Å². The van der Waals surface area contributed by atoms with E-state index in [2.05, 4.69) is 152 Å². The van der Waals surface area contributed by atoms with Gasteiger partial charge >= 0.3 is 0 Å². The van der Waals surface area contributed by atoms with Gasteiger partial charge in [0.15, 0.2) is 17.5 Å². The fraction of sp³-hybridized carbons (Fsp3) is 0. The van der Waals surface area contributed by atoms with Crippen molar-refractivity contribution in [2.45, 2.75) is 0 Å². The number of fused-ring (bicyclic) bond motifs is 9. The van der Waals surface area contributed by atoms with Crippen LogP contribution in [0, 0.1) is 0 Å². The van der Waals surface area contributed by atoms with Gasteiger partial charge in [0.05, 0.1) is 0 Å². The van der Waals surface area contributed by atoms with Crippen LogP contribution in [0.5, 0.6) is 0 Å². The van der Waals surface area contributed by atoms with E-state index < -0.39 is 0 Å². The monoisotopic (exact) mass is 615 g/mol. The zero-order valence-corrected chi connectivity index (χ0v) is 26.0. The Morgan fingerprint density at radius 2 is 0.915 bits per heavy atom. The molecule has 0 N–H and O–H groups in total. The maximum absolute atomic E-state index is 5.22. The lowest BCUT2D eigenvalue weighted by Crippen LogP contribution is -2.00. The lowest BCUT2D eigenvalue weighted by Gasteiger charge is -2.12. The molecule has 0 aliphatic rings. The van der Waals surface area contributed by atoms with E-state index in [9.17, 15) is 0 Å². The molecule has 218 valence electrons. The smallest absolute Gasteiger partial charge is 0.164 e. The highest BCUT2D eigenvalue weighted by Gasteiger charge is 2.17. The number of hydrogen-bond donors (Lipinski definition) is 0. The number of hydrogen-bond acceptors (Lipinski definition) is 4. The molecule has 0 fully saturated rings. The van der Waals surface area contributed by atoms with Crippen molar-refractivity contribution < 1.29 is 0 Å². The van der Waals surface area contributed by atoms with Crippen LogP contribution in [0.2, 0.25) is 0 Å². The van der Waals surface area contributed by atoms with Gasteiger partial charge in [-0.05, 0) is 67.4 Å². The molecule has 0 saturated carbocycles. The van der Waals surface area contributed by atoms with Gasteiger partial charge in [0, 0.05) is 36.9 Å². The highest BCUT2D eigenvalue weighted by atomic mass is 32.1. The van der Waals surface area contributed by atoms with Crippen LogP contribution in [0.3, 0.4) is 0 Å². The Bertz CT molecular complexity index is 2870. The molecule has 10 aromatic rings. The minimum Gasteiger partial charge on any atom is -0.208 e. The zero-order valence-electron chi connectivity index (χ0n) is 25.2. The third-order valence-corrected chi connectivity index (χ3v) is 10.4. The Balaban J connectivity index is 1.24. The maximum atomic E-state index is 5.22. The Morgan fingerprint density at radius 3 is 1.74 bits per heavy atom. The van der Waals surface area contributed by atoms with Gasteiger partial charge in [-0.15, -0.1) is 11.3 Å². The minimum absolute atomic E-state index is 0.661. The average molecular weight is 616 g/mol. The predicted octanol–water partition coefficient (Wildman–Crippen LogP) is 11.9. The number of rotatable bonds is 3. The van der Waals surface area contributed by atoms with E-state index in [-0.39, 0.29) is 0 Å². The third-order valence-electron chi connectivity index (χ3n) is 9.29. The zero-order chi connectivity index (χ0) is 30.9. The maximum Gasteiger partial charge on any atom is 0.164 e. The van der Waals surface area contributed by atoms with E-state index in [0.29, 0.717) is 17.5 Å². The third kappa shape index (κ3) is 4.23. The van der Waals surface area contributed by atoms with E-state index in [4.69, 9.17) is 15.0 Å². The van der Waals surface area contributed by atoms with Gasteiger partial charge in [-0.2, -0.15) is 0 Å².